The first kappa shape index (κ1) is 14.4. The number of fused-ring (bicyclic) bond motifs is 1. The van der Waals surface area contributed by atoms with Crippen molar-refractivity contribution in [3.8, 4) is 11.3 Å². The third kappa shape index (κ3) is 2.50. The van der Waals surface area contributed by atoms with Crippen molar-refractivity contribution >= 4 is 22.4 Å². The molecule has 0 radical (unpaired) electrons. The molecular formula is C17H10N4O2S. The van der Waals surface area contributed by atoms with Crippen molar-refractivity contribution in [2.45, 2.75) is 0 Å². The molecule has 116 valence electrons. The van der Waals surface area contributed by atoms with Gasteiger partial charge in [-0.15, -0.1) is 0 Å². The monoisotopic (exact) mass is 334 g/mol. The van der Waals surface area contributed by atoms with Gasteiger partial charge in [0.2, 0.25) is 4.96 Å². The highest BCUT2D eigenvalue weighted by molar-refractivity contribution is 7.15. The summed E-state index contributed by atoms with van der Waals surface area (Å²) in [6.07, 6.45) is 5.03. The van der Waals surface area contributed by atoms with Crippen molar-refractivity contribution in [2.24, 2.45) is 0 Å². The zero-order valence-corrected chi connectivity index (χ0v) is 13.1. The minimum atomic E-state index is -0.449. The molecule has 0 saturated carbocycles. The van der Waals surface area contributed by atoms with Crippen molar-refractivity contribution in [3.63, 3.8) is 0 Å². The zero-order chi connectivity index (χ0) is 16.5. The lowest BCUT2D eigenvalue weighted by Crippen LogP contribution is -2.26. The Morgan fingerprint density at radius 3 is 2.62 bits per heavy atom. The van der Waals surface area contributed by atoms with E-state index in [0.717, 1.165) is 16.9 Å². The van der Waals surface area contributed by atoms with Crippen LogP contribution in [0.15, 0.2) is 64.4 Å². The van der Waals surface area contributed by atoms with Gasteiger partial charge in [0.15, 0.2) is 5.69 Å². The molecule has 0 aliphatic heterocycles. The fourth-order valence-electron chi connectivity index (χ4n) is 2.30. The van der Waals surface area contributed by atoms with Crippen molar-refractivity contribution < 1.29 is 0 Å². The molecule has 7 heteroatoms. The lowest BCUT2D eigenvalue weighted by molar-refractivity contribution is 0.873. The first-order chi connectivity index (χ1) is 11.7. The SMILES string of the molecule is O=c1nc2s/c(=C\c3cccnc3)c(=O)n2nc1-c1ccccc1. The van der Waals surface area contributed by atoms with Crippen LogP contribution in [0.5, 0.6) is 0 Å². The predicted octanol–water partition coefficient (Wildman–Crippen LogP) is 1.12. The molecular weight excluding hydrogens is 324 g/mol. The van der Waals surface area contributed by atoms with Crippen molar-refractivity contribution in [1.29, 1.82) is 0 Å². The number of aromatic nitrogens is 4. The second-order valence-electron chi connectivity index (χ2n) is 5.03. The Bertz CT molecular complexity index is 1180. The quantitative estimate of drug-likeness (QED) is 0.549. The molecule has 0 atom stereocenters. The molecule has 0 aliphatic carbocycles. The van der Waals surface area contributed by atoms with Crippen LogP contribution < -0.4 is 15.7 Å². The van der Waals surface area contributed by atoms with Crippen LogP contribution in [0.4, 0.5) is 0 Å². The van der Waals surface area contributed by atoms with Crippen LogP contribution in [-0.4, -0.2) is 19.6 Å². The molecule has 4 aromatic rings. The number of rotatable bonds is 2. The number of hydrogen-bond donors (Lipinski definition) is 0. The Morgan fingerprint density at radius 1 is 1.04 bits per heavy atom. The summed E-state index contributed by atoms with van der Waals surface area (Å²) in [6, 6.07) is 12.6. The largest absolute Gasteiger partial charge is 0.300 e. The van der Waals surface area contributed by atoms with E-state index in [1.807, 2.05) is 12.1 Å². The Morgan fingerprint density at radius 2 is 1.88 bits per heavy atom. The van der Waals surface area contributed by atoms with Crippen LogP contribution in [0.1, 0.15) is 5.56 Å². The van der Waals surface area contributed by atoms with Crippen LogP contribution in [0.25, 0.3) is 22.3 Å². The van der Waals surface area contributed by atoms with E-state index < -0.39 is 5.56 Å². The highest BCUT2D eigenvalue weighted by Crippen LogP contribution is 2.11. The molecule has 3 heterocycles. The molecule has 0 aliphatic rings. The number of hydrogen-bond acceptors (Lipinski definition) is 6. The second kappa shape index (κ2) is 5.78. The Labute approximate surface area is 139 Å². The fourth-order valence-corrected chi connectivity index (χ4v) is 3.20. The topological polar surface area (TPSA) is 77.2 Å². The first-order valence-corrected chi connectivity index (χ1v) is 7.95. The molecule has 6 nitrogen and oxygen atoms in total. The highest BCUT2D eigenvalue weighted by Gasteiger charge is 2.12. The molecule has 0 saturated heterocycles. The standard InChI is InChI=1S/C17H10N4O2S/c22-15-14(12-6-2-1-3-7-12)20-21-16(23)13(24-17(21)19-15)9-11-5-4-8-18-10-11/h1-10H/b13-9-. The number of benzene rings is 1. The minimum absolute atomic E-state index is 0.163. The summed E-state index contributed by atoms with van der Waals surface area (Å²) in [6.45, 7) is 0. The van der Waals surface area contributed by atoms with Gasteiger partial charge in [-0.1, -0.05) is 47.7 Å². The van der Waals surface area contributed by atoms with Gasteiger partial charge in [0.1, 0.15) is 0 Å². The Hall–Kier alpha value is -3.19. The molecule has 0 amide bonds. The summed E-state index contributed by atoms with van der Waals surface area (Å²) in [5, 5.41) is 4.21. The third-order valence-corrected chi connectivity index (χ3v) is 4.37. The number of pyridine rings is 1. The van der Waals surface area contributed by atoms with E-state index in [9.17, 15) is 9.59 Å². The van der Waals surface area contributed by atoms with Crippen LogP contribution in [-0.2, 0) is 0 Å². The number of thiazole rings is 1. The van der Waals surface area contributed by atoms with Crippen molar-refractivity contribution in [2.75, 3.05) is 0 Å². The van der Waals surface area contributed by atoms with Gasteiger partial charge >= 0.3 is 5.56 Å². The lowest BCUT2D eigenvalue weighted by Gasteiger charge is -1.98. The minimum Gasteiger partial charge on any atom is -0.266 e. The van der Waals surface area contributed by atoms with Crippen LogP contribution >= 0.6 is 11.3 Å². The molecule has 0 spiro atoms. The summed E-state index contributed by atoms with van der Waals surface area (Å²) in [5.41, 5.74) is 0.843. The van der Waals surface area contributed by atoms with Gasteiger partial charge in [-0.3, -0.25) is 14.6 Å². The van der Waals surface area contributed by atoms with E-state index in [2.05, 4.69) is 15.1 Å². The van der Waals surface area contributed by atoms with E-state index in [0.29, 0.717) is 10.1 Å². The summed E-state index contributed by atoms with van der Waals surface area (Å²) < 4.78 is 1.63. The van der Waals surface area contributed by atoms with Gasteiger partial charge in [0, 0.05) is 18.0 Å². The zero-order valence-electron chi connectivity index (χ0n) is 12.3. The average Bonchev–Trinajstić information content (AvgIpc) is 2.91. The van der Waals surface area contributed by atoms with Crippen LogP contribution in [0, 0.1) is 0 Å². The Balaban J connectivity index is 1.96. The van der Waals surface area contributed by atoms with Gasteiger partial charge in [0.25, 0.3) is 5.56 Å². The Kier molecular flexibility index (Phi) is 3.47. The van der Waals surface area contributed by atoms with E-state index in [1.165, 1.54) is 4.52 Å². The molecule has 3 aromatic heterocycles. The third-order valence-electron chi connectivity index (χ3n) is 3.41. The molecule has 24 heavy (non-hydrogen) atoms. The van der Waals surface area contributed by atoms with E-state index >= 15 is 0 Å². The first-order valence-electron chi connectivity index (χ1n) is 7.13. The van der Waals surface area contributed by atoms with Crippen molar-refractivity contribution in [1.82, 2.24) is 19.6 Å². The summed E-state index contributed by atoms with van der Waals surface area (Å²) in [5.74, 6) is 0. The molecule has 1 aromatic carbocycles. The van der Waals surface area contributed by atoms with Gasteiger partial charge in [0.05, 0.1) is 4.53 Å². The van der Waals surface area contributed by atoms with Crippen LogP contribution in [0.3, 0.4) is 0 Å². The summed E-state index contributed by atoms with van der Waals surface area (Å²) in [7, 11) is 0. The fraction of sp³-hybridized carbons (Fsp3) is 0. The van der Waals surface area contributed by atoms with E-state index in [1.54, 1.807) is 48.8 Å². The van der Waals surface area contributed by atoms with Crippen LogP contribution in [0.2, 0.25) is 0 Å². The number of nitrogens with zero attached hydrogens (tertiary/aromatic N) is 4. The second-order valence-corrected chi connectivity index (χ2v) is 6.04. The molecule has 0 unspecified atom stereocenters. The normalized spacial score (nSPS) is 11.9. The molecule has 0 N–H and O–H groups in total. The maximum atomic E-state index is 12.5. The lowest BCUT2D eigenvalue weighted by atomic mass is 10.2. The highest BCUT2D eigenvalue weighted by atomic mass is 32.1. The van der Waals surface area contributed by atoms with E-state index in [4.69, 9.17) is 0 Å². The van der Waals surface area contributed by atoms with Gasteiger partial charge in [-0.25, -0.2) is 0 Å². The predicted molar refractivity (Wildman–Crippen MR) is 91.9 cm³/mol. The molecule has 0 fully saturated rings. The molecule has 4 rings (SSSR count). The maximum Gasteiger partial charge on any atom is 0.300 e. The van der Waals surface area contributed by atoms with Gasteiger partial charge < -0.3 is 0 Å². The molecule has 0 bridgehead atoms. The summed E-state index contributed by atoms with van der Waals surface area (Å²) >= 11 is 1.13. The summed E-state index contributed by atoms with van der Waals surface area (Å²) in [4.78, 5) is 33.1. The average molecular weight is 334 g/mol. The smallest absolute Gasteiger partial charge is 0.266 e. The maximum absolute atomic E-state index is 12.5. The van der Waals surface area contributed by atoms with Gasteiger partial charge in [-0.2, -0.15) is 14.6 Å². The van der Waals surface area contributed by atoms with E-state index in [-0.39, 0.29) is 16.2 Å². The van der Waals surface area contributed by atoms with Gasteiger partial charge in [-0.05, 0) is 17.7 Å². The van der Waals surface area contributed by atoms with Crippen molar-refractivity contribution in [3.05, 3.63) is 85.7 Å².